The molecular formula is C14H20ClNO. The average molecular weight is 254 g/mol. The predicted molar refractivity (Wildman–Crippen MR) is 72.6 cm³/mol. The molecule has 0 amide bonds. The third-order valence-electron chi connectivity index (χ3n) is 2.76. The van der Waals surface area contributed by atoms with E-state index in [1.807, 2.05) is 12.1 Å². The monoisotopic (exact) mass is 253 g/mol. The standard InChI is InChI=1S/C14H20ClNO/c1-12(17)4-3-10-16(2)11-9-13-5-7-14(15)8-6-13/h5-8H,3-4,9-11H2,1-2H3. The number of halogens is 1. The number of benzene rings is 1. The molecule has 0 aliphatic heterocycles. The Morgan fingerprint density at radius 1 is 1.24 bits per heavy atom. The van der Waals surface area contributed by atoms with E-state index >= 15 is 0 Å². The first-order valence-corrected chi connectivity index (χ1v) is 6.38. The molecule has 0 saturated heterocycles. The first-order valence-electron chi connectivity index (χ1n) is 6.00. The second-order valence-corrected chi connectivity index (χ2v) is 4.92. The number of ketones is 1. The fraction of sp³-hybridized carbons (Fsp3) is 0.500. The van der Waals surface area contributed by atoms with Crippen LogP contribution in [-0.4, -0.2) is 30.8 Å². The van der Waals surface area contributed by atoms with Gasteiger partial charge < -0.3 is 9.69 Å². The molecule has 0 saturated carbocycles. The predicted octanol–water partition coefficient (Wildman–Crippen LogP) is 3.18. The lowest BCUT2D eigenvalue weighted by molar-refractivity contribution is -0.117. The Kier molecular flexibility index (Phi) is 6.23. The average Bonchev–Trinajstić information content (AvgIpc) is 2.28. The molecule has 0 bridgehead atoms. The Bertz CT molecular complexity index is 348. The first kappa shape index (κ1) is 14.2. The zero-order valence-corrected chi connectivity index (χ0v) is 11.3. The molecule has 0 spiro atoms. The molecule has 0 unspecified atom stereocenters. The number of carbonyl (C=O) groups is 1. The highest BCUT2D eigenvalue weighted by Gasteiger charge is 2.01. The van der Waals surface area contributed by atoms with Crippen LogP contribution in [0.1, 0.15) is 25.3 Å². The van der Waals surface area contributed by atoms with Crippen LogP contribution in [0.4, 0.5) is 0 Å². The molecule has 17 heavy (non-hydrogen) atoms. The lowest BCUT2D eigenvalue weighted by Crippen LogP contribution is -2.22. The summed E-state index contributed by atoms with van der Waals surface area (Å²) >= 11 is 5.83. The molecule has 1 rings (SSSR count). The van der Waals surface area contributed by atoms with Crippen molar-refractivity contribution in [2.45, 2.75) is 26.2 Å². The van der Waals surface area contributed by atoms with Gasteiger partial charge in [0, 0.05) is 18.0 Å². The maximum Gasteiger partial charge on any atom is 0.129 e. The molecular weight excluding hydrogens is 234 g/mol. The summed E-state index contributed by atoms with van der Waals surface area (Å²) in [4.78, 5) is 13.1. The molecule has 94 valence electrons. The fourth-order valence-electron chi connectivity index (χ4n) is 1.68. The van der Waals surface area contributed by atoms with Crippen LogP contribution in [0.3, 0.4) is 0 Å². The summed E-state index contributed by atoms with van der Waals surface area (Å²) in [6.45, 7) is 3.64. The minimum atomic E-state index is 0.274. The number of Topliss-reactive ketones (excluding diaryl/α,β-unsaturated/α-hetero) is 1. The molecule has 0 radical (unpaired) electrons. The lowest BCUT2D eigenvalue weighted by atomic mass is 10.1. The van der Waals surface area contributed by atoms with E-state index in [9.17, 15) is 4.79 Å². The molecule has 0 aliphatic rings. The van der Waals surface area contributed by atoms with Crippen LogP contribution in [0.2, 0.25) is 5.02 Å². The van der Waals surface area contributed by atoms with Gasteiger partial charge in [-0.2, -0.15) is 0 Å². The minimum Gasteiger partial charge on any atom is -0.306 e. The van der Waals surface area contributed by atoms with Gasteiger partial charge in [0.15, 0.2) is 0 Å². The number of rotatable bonds is 7. The molecule has 0 heterocycles. The number of hydrogen-bond donors (Lipinski definition) is 0. The summed E-state index contributed by atoms with van der Waals surface area (Å²) in [5.41, 5.74) is 1.30. The smallest absolute Gasteiger partial charge is 0.129 e. The van der Waals surface area contributed by atoms with Gasteiger partial charge in [-0.05, 0) is 51.1 Å². The SMILES string of the molecule is CC(=O)CCCN(C)CCc1ccc(Cl)cc1. The van der Waals surface area contributed by atoms with Crippen molar-refractivity contribution in [2.24, 2.45) is 0 Å². The van der Waals surface area contributed by atoms with E-state index in [1.165, 1.54) is 5.56 Å². The third-order valence-corrected chi connectivity index (χ3v) is 3.02. The number of hydrogen-bond acceptors (Lipinski definition) is 2. The van der Waals surface area contributed by atoms with Crippen molar-refractivity contribution in [3.63, 3.8) is 0 Å². The summed E-state index contributed by atoms with van der Waals surface area (Å²) in [6.07, 6.45) is 2.66. The van der Waals surface area contributed by atoms with Crippen molar-refractivity contribution >= 4 is 17.4 Å². The van der Waals surface area contributed by atoms with Crippen molar-refractivity contribution in [3.8, 4) is 0 Å². The summed E-state index contributed by atoms with van der Waals surface area (Å²) in [6, 6.07) is 7.97. The van der Waals surface area contributed by atoms with E-state index in [1.54, 1.807) is 6.92 Å². The Balaban J connectivity index is 2.21. The highest BCUT2D eigenvalue weighted by molar-refractivity contribution is 6.30. The number of nitrogens with zero attached hydrogens (tertiary/aromatic N) is 1. The molecule has 0 N–H and O–H groups in total. The second kappa shape index (κ2) is 7.46. The first-order chi connectivity index (χ1) is 8.08. The van der Waals surface area contributed by atoms with Crippen LogP contribution in [-0.2, 0) is 11.2 Å². The van der Waals surface area contributed by atoms with Crippen molar-refractivity contribution < 1.29 is 4.79 Å². The van der Waals surface area contributed by atoms with E-state index in [2.05, 4.69) is 24.1 Å². The number of carbonyl (C=O) groups excluding carboxylic acids is 1. The second-order valence-electron chi connectivity index (χ2n) is 4.49. The normalized spacial score (nSPS) is 10.8. The van der Waals surface area contributed by atoms with Crippen molar-refractivity contribution in [2.75, 3.05) is 20.1 Å². The quantitative estimate of drug-likeness (QED) is 0.744. The highest BCUT2D eigenvalue weighted by Crippen LogP contribution is 2.10. The van der Waals surface area contributed by atoms with Crippen molar-refractivity contribution in [3.05, 3.63) is 34.9 Å². The van der Waals surface area contributed by atoms with Gasteiger partial charge >= 0.3 is 0 Å². The molecule has 1 aromatic rings. The molecule has 3 heteroatoms. The zero-order valence-electron chi connectivity index (χ0n) is 10.6. The summed E-state index contributed by atoms with van der Waals surface area (Å²) in [5.74, 6) is 0.274. The molecule has 0 fully saturated rings. The van der Waals surface area contributed by atoms with Gasteiger partial charge in [0.05, 0.1) is 0 Å². The Hall–Kier alpha value is -0.860. The van der Waals surface area contributed by atoms with E-state index < -0.39 is 0 Å². The molecule has 1 aromatic carbocycles. The fourth-order valence-corrected chi connectivity index (χ4v) is 1.81. The molecule has 0 aromatic heterocycles. The maximum atomic E-state index is 10.8. The Morgan fingerprint density at radius 2 is 1.88 bits per heavy atom. The third kappa shape index (κ3) is 6.44. The van der Waals surface area contributed by atoms with Gasteiger partial charge in [-0.3, -0.25) is 0 Å². The summed E-state index contributed by atoms with van der Waals surface area (Å²) < 4.78 is 0. The van der Waals surface area contributed by atoms with Crippen molar-refractivity contribution in [1.29, 1.82) is 0 Å². The Morgan fingerprint density at radius 3 is 2.47 bits per heavy atom. The molecule has 0 aliphatic carbocycles. The lowest BCUT2D eigenvalue weighted by Gasteiger charge is -2.15. The van der Waals surface area contributed by atoms with E-state index in [-0.39, 0.29) is 5.78 Å². The van der Waals surface area contributed by atoms with E-state index in [4.69, 9.17) is 11.6 Å². The van der Waals surface area contributed by atoms with Gasteiger partial charge in [-0.25, -0.2) is 0 Å². The van der Waals surface area contributed by atoms with Gasteiger partial charge in [0.25, 0.3) is 0 Å². The van der Waals surface area contributed by atoms with Crippen LogP contribution in [0.5, 0.6) is 0 Å². The van der Waals surface area contributed by atoms with Crippen LogP contribution in [0, 0.1) is 0 Å². The van der Waals surface area contributed by atoms with E-state index in [0.717, 1.165) is 31.0 Å². The van der Waals surface area contributed by atoms with Crippen molar-refractivity contribution in [1.82, 2.24) is 4.90 Å². The number of likely N-dealkylation sites (N-methyl/N-ethyl adjacent to an activating group) is 1. The zero-order chi connectivity index (χ0) is 12.7. The summed E-state index contributed by atoms with van der Waals surface area (Å²) in [7, 11) is 2.09. The topological polar surface area (TPSA) is 20.3 Å². The van der Waals surface area contributed by atoms with Crippen LogP contribution < -0.4 is 0 Å². The van der Waals surface area contributed by atoms with Gasteiger partial charge in [-0.1, -0.05) is 23.7 Å². The highest BCUT2D eigenvalue weighted by atomic mass is 35.5. The van der Waals surface area contributed by atoms with Gasteiger partial charge in [-0.15, -0.1) is 0 Å². The largest absolute Gasteiger partial charge is 0.306 e. The van der Waals surface area contributed by atoms with Crippen LogP contribution in [0.25, 0.3) is 0 Å². The molecule has 2 nitrogen and oxygen atoms in total. The Labute approximate surface area is 109 Å². The maximum absolute atomic E-state index is 10.8. The van der Waals surface area contributed by atoms with Crippen LogP contribution in [0.15, 0.2) is 24.3 Å². The molecule has 0 atom stereocenters. The summed E-state index contributed by atoms with van der Waals surface area (Å²) in [5, 5.41) is 0.781. The minimum absolute atomic E-state index is 0.274. The van der Waals surface area contributed by atoms with Crippen LogP contribution >= 0.6 is 11.6 Å². The van der Waals surface area contributed by atoms with Gasteiger partial charge in [0.1, 0.15) is 5.78 Å². The van der Waals surface area contributed by atoms with E-state index in [0.29, 0.717) is 6.42 Å². The van der Waals surface area contributed by atoms with Gasteiger partial charge in [0.2, 0.25) is 0 Å².